The van der Waals surface area contributed by atoms with Crippen molar-refractivity contribution in [2.24, 2.45) is 11.7 Å². The maximum absolute atomic E-state index is 12.0. The van der Waals surface area contributed by atoms with Gasteiger partial charge in [0, 0.05) is 6.04 Å². The van der Waals surface area contributed by atoms with Gasteiger partial charge in [0.25, 0.3) is 5.91 Å². The van der Waals surface area contributed by atoms with E-state index in [1.807, 2.05) is 12.3 Å². The summed E-state index contributed by atoms with van der Waals surface area (Å²) in [7, 11) is 0. The molecule has 4 nitrogen and oxygen atoms in total. The van der Waals surface area contributed by atoms with Crippen LogP contribution in [0.5, 0.6) is 0 Å². The van der Waals surface area contributed by atoms with E-state index in [9.17, 15) is 4.79 Å². The van der Waals surface area contributed by atoms with Gasteiger partial charge in [-0.2, -0.15) is 0 Å². The number of nitrogens with two attached hydrogens (primary N) is 1. The molecule has 1 aromatic heterocycles. The summed E-state index contributed by atoms with van der Waals surface area (Å²) in [4.78, 5) is 12.0. The molecule has 0 aromatic carbocycles. The molecule has 0 bridgehead atoms. The van der Waals surface area contributed by atoms with Crippen molar-refractivity contribution in [2.75, 3.05) is 12.8 Å². The molecule has 0 aliphatic heterocycles. The van der Waals surface area contributed by atoms with Crippen LogP contribution in [0.4, 0.5) is 0 Å². The first-order chi connectivity index (χ1) is 8.74. The Balaban J connectivity index is 1.97. The lowest BCUT2D eigenvalue weighted by Gasteiger charge is -2.30. The molecule has 1 amide bonds. The molecule has 1 aliphatic carbocycles. The average molecular weight is 268 g/mol. The van der Waals surface area contributed by atoms with Crippen molar-refractivity contribution < 1.29 is 9.21 Å². The summed E-state index contributed by atoms with van der Waals surface area (Å²) in [5, 5.41) is 3.81. The molecule has 18 heavy (non-hydrogen) atoms. The van der Waals surface area contributed by atoms with Crippen molar-refractivity contribution >= 4 is 17.7 Å². The Bertz CT molecular complexity index is 405. The molecule has 5 heteroatoms. The SMILES string of the molecule is CSc1ccc(C(=O)NC2CCCCC2CN)o1. The van der Waals surface area contributed by atoms with E-state index in [1.165, 1.54) is 18.2 Å². The first kappa shape index (κ1) is 13.5. The van der Waals surface area contributed by atoms with Crippen LogP contribution < -0.4 is 11.1 Å². The Labute approximate surface area is 112 Å². The van der Waals surface area contributed by atoms with Gasteiger partial charge in [0.2, 0.25) is 0 Å². The first-order valence-corrected chi connectivity index (χ1v) is 7.62. The van der Waals surface area contributed by atoms with Gasteiger partial charge in [0.1, 0.15) is 0 Å². The quantitative estimate of drug-likeness (QED) is 0.822. The van der Waals surface area contributed by atoms with Gasteiger partial charge >= 0.3 is 0 Å². The van der Waals surface area contributed by atoms with Gasteiger partial charge in [-0.3, -0.25) is 4.79 Å². The Morgan fingerprint density at radius 2 is 2.28 bits per heavy atom. The molecule has 100 valence electrons. The second-order valence-electron chi connectivity index (χ2n) is 4.68. The van der Waals surface area contributed by atoms with Gasteiger partial charge in [-0.25, -0.2) is 0 Å². The van der Waals surface area contributed by atoms with Gasteiger partial charge in [0.15, 0.2) is 10.9 Å². The van der Waals surface area contributed by atoms with E-state index in [4.69, 9.17) is 10.2 Å². The average Bonchev–Trinajstić information content (AvgIpc) is 2.88. The minimum Gasteiger partial charge on any atom is -0.445 e. The van der Waals surface area contributed by atoms with Crippen LogP contribution in [0, 0.1) is 5.92 Å². The molecule has 1 aromatic rings. The summed E-state index contributed by atoms with van der Waals surface area (Å²) in [5.74, 6) is 0.666. The molecule has 1 fully saturated rings. The fourth-order valence-electron chi connectivity index (χ4n) is 2.47. The zero-order chi connectivity index (χ0) is 13.0. The Kier molecular flexibility index (Phi) is 4.72. The van der Waals surface area contributed by atoms with Crippen molar-refractivity contribution in [3.63, 3.8) is 0 Å². The van der Waals surface area contributed by atoms with Gasteiger partial charge in [0.05, 0.1) is 0 Å². The predicted molar refractivity (Wildman–Crippen MR) is 72.8 cm³/mol. The largest absolute Gasteiger partial charge is 0.445 e. The molecule has 0 radical (unpaired) electrons. The lowest BCUT2D eigenvalue weighted by Crippen LogP contribution is -2.44. The van der Waals surface area contributed by atoms with E-state index in [0.29, 0.717) is 18.2 Å². The van der Waals surface area contributed by atoms with Crippen molar-refractivity contribution in [1.82, 2.24) is 5.32 Å². The van der Waals surface area contributed by atoms with Crippen LogP contribution >= 0.6 is 11.8 Å². The number of furan rings is 1. The minimum atomic E-state index is -0.124. The molecule has 3 N–H and O–H groups in total. The lowest BCUT2D eigenvalue weighted by molar-refractivity contribution is 0.0874. The Hall–Kier alpha value is -0.940. The molecular weight excluding hydrogens is 248 g/mol. The van der Waals surface area contributed by atoms with Gasteiger partial charge in [-0.15, -0.1) is 0 Å². The van der Waals surface area contributed by atoms with Gasteiger partial charge in [-0.05, 0) is 43.7 Å². The molecular formula is C13H20N2O2S. The normalized spacial score (nSPS) is 23.9. The third-order valence-corrected chi connectivity index (χ3v) is 4.16. The van der Waals surface area contributed by atoms with E-state index >= 15 is 0 Å². The second-order valence-corrected chi connectivity index (χ2v) is 5.49. The number of thioether (sulfide) groups is 1. The van der Waals surface area contributed by atoms with Crippen molar-refractivity contribution in [3.05, 3.63) is 17.9 Å². The van der Waals surface area contributed by atoms with Crippen LogP contribution in [0.3, 0.4) is 0 Å². The van der Waals surface area contributed by atoms with Crippen molar-refractivity contribution in [3.8, 4) is 0 Å². The fraction of sp³-hybridized carbons (Fsp3) is 0.615. The third kappa shape index (κ3) is 3.09. The van der Waals surface area contributed by atoms with Crippen LogP contribution in [0.1, 0.15) is 36.2 Å². The summed E-state index contributed by atoms with van der Waals surface area (Å²) in [5.41, 5.74) is 5.76. The maximum Gasteiger partial charge on any atom is 0.287 e. The number of hydrogen-bond acceptors (Lipinski definition) is 4. The molecule has 2 atom stereocenters. The zero-order valence-electron chi connectivity index (χ0n) is 10.6. The van der Waals surface area contributed by atoms with Crippen molar-refractivity contribution in [2.45, 2.75) is 36.8 Å². The summed E-state index contributed by atoms with van der Waals surface area (Å²) < 4.78 is 5.42. The number of amides is 1. The standard InChI is InChI=1S/C13H20N2O2S/c1-18-12-7-6-11(17-12)13(16)15-10-5-3-2-4-9(10)8-14/h6-7,9-10H,2-5,8,14H2,1H3,(H,15,16). The Morgan fingerprint density at radius 3 is 2.94 bits per heavy atom. The summed E-state index contributed by atoms with van der Waals surface area (Å²) in [6, 6.07) is 3.74. The highest BCUT2D eigenvalue weighted by Crippen LogP contribution is 2.24. The van der Waals surface area contributed by atoms with Gasteiger partial charge < -0.3 is 15.5 Å². The molecule has 2 unspecified atom stereocenters. The van der Waals surface area contributed by atoms with Crippen LogP contribution in [-0.4, -0.2) is 24.7 Å². The zero-order valence-corrected chi connectivity index (χ0v) is 11.5. The molecule has 1 aliphatic rings. The smallest absolute Gasteiger partial charge is 0.287 e. The fourth-order valence-corrected chi connectivity index (χ4v) is 2.85. The lowest BCUT2D eigenvalue weighted by atomic mass is 9.84. The summed E-state index contributed by atoms with van der Waals surface area (Å²) >= 11 is 1.49. The van der Waals surface area contributed by atoms with E-state index < -0.39 is 0 Å². The molecule has 1 heterocycles. The number of rotatable bonds is 4. The van der Waals surface area contributed by atoms with Gasteiger partial charge in [-0.1, -0.05) is 24.6 Å². The first-order valence-electron chi connectivity index (χ1n) is 6.39. The highest BCUT2D eigenvalue weighted by Gasteiger charge is 2.26. The molecule has 0 saturated heterocycles. The van der Waals surface area contributed by atoms with Crippen LogP contribution in [-0.2, 0) is 0 Å². The van der Waals surface area contributed by atoms with E-state index in [0.717, 1.165) is 24.4 Å². The van der Waals surface area contributed by atoms with Crippen LogP contribution in [0.2, 0.25) is 0 Å². The number of nitrogens with one attached hydrogen (secondary N) is 1. The number of carbonyl (C=O) groups excluding carboxylic acids is 1. The van der Waals surface area contributed by atoms with Crippen LogP contribution in [0.25, 0.3) is 0 Å². The minimum absolute atomic E-state index is 0.124. The highest BCUT2D eigenvalue weighted by molar-refractivity contribution is 7.98. The summed E-state index contributed by atoms with van der Waals surface area (Å²) in [6.45, 7) is 0.638. The predicted octanol–water partition coefficient (Wildman–Crippen LogP) is 2.25. The molecule has 2 rings (SSSR count). The molecule has 1 saturated carbocycles. The van der Waals surface area contributed by atoms with E-state index in [-0.39, 0.29) is 11.9 Å². The maximum atomic E-state index is 12.0. The van der Waals surface area contributed by atoms with E-state index in [2.05, 4.69) is 5.32 Å². The van der Waals surface area contributed by atoms with Crippen LogP contribution in [0.15, 0.2) is 21.6 Å². The Morgan fingerprint density at radius 1 is 1.50 bits per heavy atom. The number of carbonyl (C=O) groups is 1. The number of hydrogen-bond donors (Lipinski definition) is 2. The highest BCUT2D eigenvalue weighted by atomic mass is 32.2. The van der Waals surface area contributed by atoms with Crippen molar-refractivity contribution in [1.29, 1.82) is 0 Å². The third-order valence-electron chi connectivity index (χ3n) is 3.53. The second kappa shape index (κ2) is 6.29. The summed E-state index contributed by atoms with van der Waals surface area (Å²) in [6.07, 6.45) is 6.42. The topological polar surface area (TPSA) is 68.3 Å². The van der Waals surface area contributed by atoms with E-state index in [1.54, 1.807) is 6.07 Å². The molecule has 0 spiro atoms. The monoisotopic (exact) mass is 268 g/mol.